The van der Waals surface area contributed by atoms with Gasteiger partial charge in [0.15, 0.2) is 5.78 Å². The zero-order valence-corrected chi connectivity index (χ0v) is 22.6. The molecule has 8 nitrogen and oxygen atoms in total. The Morgan fingerprint density at radius 2 is 1.55 bits per heavy atom. The van der Waals surface area contributed by atoms with Gasteiger partial charge in [0.1, 0.15) is 5.54 Å². The Hall–Kier alpha value is -4.63. The second kappa shape index (κ2) is 10.5. The van der Waals surface area contributed by atoms with Crippen molar-refractivity contribution in [3.8, 4) is 0 Å². The van der Waals surface area contributed by atoms with Crippen LogP contribution in [0.5, 0.6) is 0 Å². The summed E-state index contributed by atoms with van der Waals surface area (Å²) >= 11 is 1.33. The van der Waals surface area contributed by atoms with Crippen molar-refractivity contribution in [2.75, 3.05) is 0 Å². The summed E-state index contributed by atoms with van der Waals surface area (Å²) in [7, 11) is 0. The molecule has 0 bridgehead atoms. The molecule has 1 saturated heterocycles. The van der Waals surface area contributed by atoms with Crippen molar-refractivity contribution in [2.45, 2.75) is 31.3 Å². The summed E-state index contributed by atoms with van der Waals surface area (Å²) in [5.74, 6) is -4.01. The maximum Gasteiger partial charge on any atom is 0.330 e. The molecule has 1 aliphatic heterocycles. The SMILES string of the molecule is Cc1ccc(C2C(C(=O)c3ccc([N+](=O)[O-])cc3)C(c3cccs3)C(C)(C(=O)O)N2C(=O)c2ccccc2)cc1. The molecule has 1 aromatic heterocycles. The predicted molar refractivity (Wildman–Crippen MR) is 151 cm³/mol. The van der Waals surface area contributed by atoms with Crippen molar-refractivity contribution in [1.82, 2.24) is 4.90 Å². The van der Waals surface area contributed by atoms with E-state index in [1.54, 1.807) is 42.5 Å². The first-order chi connectivity index (χ1) is 19.1. The third-order valence-electron chi connectivity index (χ3n) is 7.69. The fraction of sp³-hybridized carbons (Fsp3) is 0.194. The van der Waals surface area contributed by atoms with Crippen LogP contribution < -0.4 is 0 Å². The standard InChI is InChI=1S/C31H26N2O6S/c1-19-10-12-20(13-11-19)27-25(28(34)21-14-16-23(17-15-21)33(38)39)26(24-9-6-18-40-24)31(2,30(36)37)32(27)29(35)22-7-4-3-5-8-22/h3-18,25-27H,1-2H3,(H,36,37). The van der Waals surface area contributed by atoms with Crippen LogP contribution in [0.4, 0.5) is 5.69 Å². The summed E-state index contributed by atoms with van der Waals surface area (Å²) in [5.41, 5.74) is 0.146. The highest BCUT2D eigenvalue weighted by Crippen LogP contribution is 2.57. The van der Waals surface area contributed by atoms with Gasteiger partial charge in [0, 0.05) is 34.1 Å². The summed E-state index contributed by atoms with van der Waals surface area (Å²) in [6, 6.07) is 23.7. The Kier molecular flexibility index (Phi) is 7.08. The minimum atomic E-state index is -1.80. The highest BCUT2D eigenvalue weighted by atomic mass is 32.1. The lowest BCUT2D eigenvalue weighted by Crippen LogP contribution is -2.54. The molecule has 0 aliphatic carbocycles. The number of Topliss-reactive ketones (excluding diaryl/α,β-unsaturated/α-hetero) is 1. The number of carbonyl (C=O) groups excluding carboxylic acids is 2. The molecule has 202 valence electrons. The van der Waals surface area contributed by atoms with E-state index >= 15 is 0 Å². The summed E-state index contributed by atoms with van der Waals surface area (Å²) in [5, 5.41) is 23.9. The van der Waals surface area contributed by atoms with E-state index in [2.05, 4.69) is 0 Å². The molecule has 0 saturated carbocycles. The molecule has 0 radical (unpaired) electrons. The molecule has 1 fully saturated rings. The summed E-state index contributed by atoms with van der Waals surface area (Å²) in [6.07, 6.45) is 0. The monoisotopic (exact) mass is 554 g/mol. The highest BCUT2D eigenvalue weighted by molar-refractivity contribution is 7.10. The van der Waals surface area contributed by atoms with Crippen molar-refractivity contribution < 1.29 is 24.4 Å². The van der Waals surface area contributed by atoms with Gasteiger partial charge >= 0.3 is 5.97 Å². The Bertz CT molecular complexity index is 1570. The van der Waals surface area contributed by atoms with E-state index in [1.807, 2.05) is 36.6 Å². The normalized spacial score (nSPS) is 22.1. The minimum absolute atomic E-state index is 0.163. The van der Waals surface area contributed by atoms with Crippen LogP contribution in [-0.2, 0) is 4.79 Å². The number of hydrogen-bond acceptors (Lipinski definition) is 6. The molecule has 0 spiro atoms. The quantitative estimate of drug-likeness (QED) is 0.163. The van der Waals surface area contributed by atoms with Crippen LogP contribution in [-0.4, -0.2) is 38.1 Å². The van der Waals surface area contributed by atoms with Crippen molar-refractivity contribution in [1.29, 1.82) is 0 Å². The van der Waals surface area contributed by atoms with Gasteiger partial charge in [-0.15, -0.1) is 11.3 Å². The lowest BCUT2D eigenvalue weighted by atomic mass is 9.74. The lowest BCUT2D eigenvalue weighted by molar-refractivity contribution is -0.384. The van der Waals surface area contributed by atoms with Crippen LogP contribution in [0.15, 0.2) is 96.4 Å². The molecule has 5 rings (SSSR count). The van der Waals surface area contributed by atoms with Gasteiger partial charge in [0.25, 0.3) is 11.6 Å². The number of ketones is 1. The zero-order valence-electron chi connectivity index (χ0n) is 21.8. The first-order valence-electron chi connectivity index (χ1n) is 12.7. The van der Waals surface area contributed by atoms with Gasteiger partial charge < -0.3 is 10.0 Å². The third kappa shape index (κ3) is 4.48. The smallest absolute Gasteiger partial charge is 0.330 e. The maximum absolute atomic E-state index is 14.4. The Morgan fingerprint density at radius 3 is 2.10 bits per heavy atom. The molecule has 4 unspecified atom stereocenters. The van der Waals surface area contributed by atoms with Crippen LogP contribution in [0.25, 0.3) is 0 Å². The van der Waals surface area contributed by atoms with Crippen LogP contribution in [0.2, 0.25) is 0 Å². The molecular formula is C31H26N2O6S. The second-order valence-electron chi connectivity index (χ2n) is 10.0. The van der Waals surface area contributed by atoms with Crippen LogP contribution >= 0.6 is 11.3 Å². The van der Waals surface area contributed by atoms with Gasteiger partial charge in [0.2, 0.25) is 0 Å². The number of nitro groups is 1. The van der Waals surface area contributed by atoms with Gasteiger partial charge in [-0.25, -0.2) is 4.79 Å². The number of hydrogen-bond donors (Lipinski definition) is 1. The minimum Gasteiger partial charge on any atom is -0.479 e. The maximum atomic E-state index is 14.4. The van der Waals surface area contributed by atoms with Crippen LogP contribution in [0.1, 0.15) is 55.6 Å². The molecule has 1 aliphatic rings. The van der Waals surface area contributed by atoms with Gasteiger partial charge in [0.05, 0.1) is 16.9 Å². The third-order valence-corrected chi connectivity index (χ3v) is 8.65. The van der Waals surface area contributed by atoms with Crippen LogP contribution in [0, 0.1) is 23.0 Å². The topological polar surface area (TPSA) is 118 Å². The Balaban J connectivity index is 1.78. The number of aryl methyl sites for hydroxylation is 1. The zero-order chi connectivity index (χ0) is 28.6. The average Bonchev–Trinajstić information content (AvgIpc) is 3.58. The van der Waals surface area contributed by atoms with E-state index in [-0.39, 0.29) is 11.3 Å². The van der Waals surface area contributed by atoms with Crippen molar-refractivity contribution in [3.05, 3.63) is 134 Å². The van der Waals surface area contributed by atoms with E-state index in [1.165, 1.54) is 47.4 Å². The number of nitro benzene ring substituents is 1. The summed E-state index contributed by atoms with van der Waals surface area (Å²) < 4.78 is 0. The van der Waals surface area contributed by atoms with E-state index in [0.717, 1.165) is 5.56 Å². The van der Waals surface area contributed by atoms with E-state index in [0.29, 0.717) is 16.0 Å². The molecule has 4 atom stereocenters. The number of benzene rings is 3. The fourth-order valence-corrected chi connectivity index (χ4v) is 6.70. The number of carbonyl (C=O) groups is 3. The number of rotatable bonds is 7. The lowest BCUT2D eigenvalue weighted by Gasteiger charge is -2.37. The van der Waals surface area contributed by atoms with E-state index in [9.17, 15) is 29.6 Å². The van der Waals surface area contributed by atoms with Crippen molar-refractivity contribution in [3.63, 3.8) is 0 Å². The number of carboxylic acid groups (broad SMARTS) is 1. The molecule has 1 amide bonds. The molecule has 9 heteroatoms. The summed E-state index contributed by atoms with van der Waals surface area (Å²) in [4.78, 5) is 54.6. The largest absolute Gasteiger partial charge is 0.479 e. The van der Waals surface area contributed by atoms with Crippen molar-refractivity contribution >= 4 is 34.7 Å². The second-order valence-corrected chi connectivity index (χ2v) is 11.0. The molecule has 2 heterocycles. The number of non-ortho nitro benzene ring substituents is 1. The number of carboxylic acids is 1. The Labute approximate surface area is 234 Å². The first-order valence-corrected chi connectivity index (χ1v) is 13.5. The molecular weight excluding hydrogens is 528 g/mol. The number of amides is 1. The molecule has 3 aromatic carbocycles. The predicted octanol–water partition coefficient (Wildman–Crippen LogP) is 6.29. The van der Waals surface area contributed by atoms with Gasteiger partial charge in [-0.2, -0.15) is 0 Å². The highest BCUT2D eigenvalue weighted by Gasteiger charge is 2.65. The Morgan fingerprint density at radius 1 is 0.900 bits per heavy atom. The number of nitrogens with zero attached hydrogens (tertiary/aromatic N) is 2. The summed E-state index contributed by atoms with van der Waals surface area (Å²) in [6.45, 7) is 3.42. The number of thiophene rings is 1. The van der Waals surface area contributed by atoms with Gasteiger partial charge in [-0.1, -0.05) is 54.1 Å². The van der Waals surface area contributed by atoms with Crippen molar-refractivity contribution in [2.24, 2.45) is 5.92 Å². The number of aliphatic carboxylic acids is 1. The van der Waals surface area contributed by atoms with E-state index in [4.69, 9.17) is 0 Å². The molecule has 4 aromatic rings. The number of likely N-dealkylation sites (tertiary alicyclic amines) is 1. The van der Waals surface area contributed by atoms with Gasteiger partial charge in [-0.3, -0.25) is 19.7 Å². The van der Waals surface area contributed by atoms with E-state index < -0.39 is 46.0 Å². The molecule has 40 heavy (non-hydrogen) atoms. The van der Waals surface area contributed by atoms with Gasteiger partial charge in [-0.05, 0) is 55.1 Å². The average molecular weight is 555 g/mol. The molecule has 1 N–H and O–H groups in total. The first kappa shape index (κ1) is 27.0. The fourth-order valence-electron chi connectivity index (χ4n) is 5.70. The van der Waals surface area contributed by atoms with Crippen LogP contribution in [0.3, 0.4) is 0 Å².